The molecule has 12 heavy (non-hydrogen) atoms. The highest BCUT2D eigenvalue weighted by Gasteiger charge is 2.51. The molecule has 1 saturated heterocycles. The summed E-state index contributed by atoms with van der Waals surface area (Å²) in [6.07, 6.45) is -1.55. The molecule has 1 aliphatic heterocycles. The first-order chi connectivity index (χ1) is 5.48. The van der Waals surface area contributed by atoms with Crippen LogP contribution in [-0.2, 0) is 4.79 Å². The molecule has 0 aromatic rings. The minimum Gasteiger partial charge on any atom is -0.477 e. The zero-order chi connectivity index (χ0) is 9.35. The second kappa shape index (κ2) is 2.62. The van der Waals surface area contributed by atoms with Crippen LogP contribution in [-0.4, -0.2) is 39.5 Å². The van der Waals surface area contributed by atoms with Crippen molar-refractivity contribution in [2.24, 2.45) is 0 Å². The molecule has 1 heterocycles. The minimum absolute atomic E-state index is 0.0574. The predicted octanol–water partition coefficient (Wildman–Crippen LogP) is 0.511. The highest BCUT2D eigenvalue weighted by atomic mass is 19.1. The zero-order valence-electron chi connectivity index (χ0n) is 6.16. The summed E-state index contributed by atoms with van der Waals surface area (Å²) in [5.74, 6) is -4.45. The van der Waals surface area contributed by atoms with Gasteiger partial charge in [0.1, 0.15) is 0 Å². The molecule has 1 unspecified atom stereocenters. The van der Waals surface area contributed by atoms with E-state index in [-0.39, 0.29) is 19.4 Å². The lowest BCUT2D eigenvalue weighted by molar-refractivity contribution is -0.160. The molecule has 2 N–H and O–H groups in total. The number of halogens is 1. The molecule has 0 aromatic heterocycles. The van der Waals surface area contributed by atoms with E-state index in [4.69, 9.17) is 10.2 Å². The summed E-state index contributed by atoms with van der Waals surface area (Å²) in [6, 6.07) is 0. The number of carbonyl (C=O) groups is 2. The van der Waals surface area contributed by atoms with Crippen LogP contribution in [0.15, 0.2) is 0 Å². The normalized spacial score (nSPS) is 28.9. The molecular weight excluding hydrogens is 169 g/mol. The Morgan fingerprint density at radius 3 is 2.33 bits per heavy atom. The van der Waals surface area contributed by atoms with Crippen molar-refractivity contribution >= 4 is 12.1 Å². The molecule has 0 spiro atoms. The van der Waals surface area contributed by atoms with Crippen molar-refractivity contribution < 1.29 is 24.2 Å². The predicted molar refractivity (Wildman–Crippen MR) is 35.4 cm³/mol. The molecule has 1 aliphatic rings. The Labute approximate surface area is 67.4 Å². The first-order valence-electron chi connectivity index (χ1n) is 3.41. The summed E-state index contributed by atoms with van der Waals surface area (Å²) in [5.41, 5.74) is 0. The highest BCUT2D eigenvalue weighted by molar-refractivity contribution is 5.82. The number of alkyl halides is 1. The summed E-state index contributed by atoms with van der Waals surface area (Å²) >= 11 is 0. The molecule has 1 fully saturated rings. The number of hydrogen-bond acceptors (Lipinski definition) is 2. The smallest absolute Gasteiger partial charge is 0.410 e. The maximum atomic E-state index is 13.3. The number of likely N-dealkylation sites (tertiary alicyclic amines) is 1. The first kappa shape index (κ1) is 8.76. The van der Waals surface area contributed by atoms with Gasteiger partial charge in [0, 0.05) is 13.0 Å². The monoisotopic (exact) mass is 177 g/mol. The van der Waals surface area contributed by atoms with Gasteiger partial charge in [-0.15, -0.1) is 0 Å². The van der Waals surface area contributed by atoms with Crippen molar-refractivity contribution in [1.29, 1.82) is 0 Å². The standard InChI is InChI=1S/C6H8FNO4/c7-6(4(9)10)2-1-3-8(6)5(11)12/h1-3H2,(H,9,10)(H,11,12). The van der Waals surface area contributed by atoms with Crippen LogP contribution in [0.3, 0.4) is 0 Å². The number of amides is 1. The third-order valence-electron chi connectivity index (χ3n) is 1.88. The second-order valence-corrected chi connectivity index (χ2v) is 2.60. The van der Waals surface area contributed by atoms with E-state index in [2.05, 4.69) is 0 Å². The molecule has 0 saturated carbocycles. The van der Waals surface area contributed by atoms with E-state index < -0.39 is 17.9 Å². The minimum atomic E-state index is -2.72. The van der Waals surface area contributed by atoms with Crippen molar-refractivity contribution in [2.75, 3.05) is 6.54 Å². The third kappa shape index (κ3) is 1.09. The SMILES string of the molecule is O=C(O)N1CCCC1(F)C(=O)O. The van der Waals surface area contributed by atoms with Crippen LogP contribution >= 0.6 is 0 Å². The average Bonchev–Trinajstić information content (AvgIpc) is 2.32. The Morgan fingerprint density at radius 2 is 2.00 bits per heavy atom. The van der Waals surface area contributed by atoms with Crippen LogP contribution in [0.25, 0.3) is 0 Å². The van der Waals surface area contributed by atoms with E-state index >= 15 is 0 Å². The quantitative estimate of drug-likeness (QED) is 0.572. The van der Waals surface area contributed by atoms with Crippen molar-refractivity contribution in [3.05, 3.63) is 0 Å². The van der Waals surface area contributed by atoms with Gasteiger partial charge in [-0.05, 0) is 6.42 Å². The zero-order valence-corrected chi connectivity index (χ0v) is 6.16. The largest absolute Gasteiger partial charge is 0.477 e. The summed E-state index contributed by atoms with van der Waals surface area (Å²) in [4.78, 5) is 21.0. The maximum Gasteiger partial charge on any atom is 0.410 e. The van der Waals surface area contributed by atoms with Crippen molar-refractivity contribution in [1.82, 2.24) is 4.90 Å². The Kier molecular flexibility index (Phi) is 1.91. The van der Waals surface area contributed by atoms with E-state index in [1.54, 1.807) is 0 Å². The molecule has 6 heteroatoms. The van der Waals surface area contributed by atoms with Gasteiger partial charge < -0.3 is 10.2 Å². The Morgan fingerprint density at radius 1 is 1.42 bits per heavy atom. The van der Waals surface area contributed by atoms with Crippen LogP contribution in [0.2, 0.25) is 0 Å². The fourth-order valence-electron chi connectivity index (χ4n) is 1.25. The molecule has 0 bridgehead atoms. The van der Waals surface area contributed by atoms with Gasteiger partial charge in [-0.25, -0.2) is 14.0 Å². The summed E-state index contributed by atoms with van der Waals surface area (Å²) in [7, 11) is 0. The van der Waals surface area contributed by atoms with E-state index in [0.29, 0.717) is 4.90 Å². The summed E-state index contributed by atoms with van der Waals surface area (Å²) < 4.78 is 13.3. The fraction of sp³-hybridized carbons (Fsp3) is 0.667. The first-order valence-corrected chi connectivity index (χ1v) is 3.41. The average molecular weight is 177 g/mol. The lowest BCUT2D eigenvalue weighted by atomic mass is 10.2. The second-order valence-electron chi connectivity index (χ2n) is 2.60. The van der Waals surface area contributed by atoms with Crippen LogP contribution in [0.5, 0.6) is 0 Å². The maximum absolute atomic E-state index is 13.3. The van der Waals surface area contributed by atoms with Crippen molar-refractivity contribution in [3.63, 3.8) is 0 Å². The van der Waals surface area contributed by atoms with E-state index in [1.165, 1.54) is 0 Å². The number of aliphatic carboxylic acids is 1. The van der Waals surface area contributed by atoms with Crippen LogP contribution in [0, 0.1) is 0 Å². The van der Waals surface area contributed by atoms with Gasteiger partial charge in [-0.3, -0.25) is 4.90 Å². The Hall–Kier alpha value is -1.33. The Bertz CT molecular complexity index is 232. The summed E-state index contributed by atoms with van der Waals surface area (Å²) in [5, 5.41) is 16.8. The van der Waals surface area contributed by atoms with Gasteiger partial charge in [0.05, 0.1) is 0 Å². The fourth-order valence-corrected chi connectivity index (χ4v) is 1.25. The number of nitrogens with zero attached hydrogens (tertiary/aromatic N) is 1. The third-order valence-corrected chi connectivity index (χ3v) is 1.88. The lowest BCUT2D eigenvalue weighted by Gasteiger charge is -2.23. The van der Waals surface area contributed by atoms with Crippen molar-refractivity contribution in [2.45, 2.75) is 18.6 Å². The summed E-state index contributed by atoms with van der Waals surface area (Å²) in [6.45, 7) is -0.0574. The van der Waals surface area contributed by atoms with Gasteiger partial charge in [0.15, 0.2) is 0 Å². The van der Waals surface area contributed by atoms with Gasteiger partial charge in [0.2, 0.25) is 0 Å². The molecule has 68 valence electrons. The molecule has 0 radical (unpaired) electrons. The van der Waals surface area contributed by atoms with Crippen LogP contribution in [0.1, 0.15) is 12.8 Å². The van der Waals surface area contributed by atoms with Gasteiger partial charge >= 0.3 is 12.1 Å². The van der Waals surface area contributed by atoms with E-state index in [1.807, 2.05) is 0 Å². The molecule has 5 nitrogen and oxygen atoms in total. The lowest BCUT2D eigenvalue weighted by Crippen LogP contribution is -2.49. The number of carboxylic acid groups (broad SMARTS) is 2. The Balaban J connectivity index is 2.89. The van der Waals surface area contributed by atoms with Crippen LogP contribution in [0.4, 0.5) is 9.18 Å². The number of hydrogen-bond donors (Lipinski definition) is 2. The molecule has 1 atom stereocenters. The topological polar surface area (TPSA) is 77.8 Å². The molecule has 1 rings (SSSR count). The number of rotatable bonds is 1. The molecule has 0 aromatic carbocycles. The van der Waals surface area contributed by atoms with E-state index in [9.17, 15) is 14.0 Å². The molecule has 1 amide bonds. The van der Waals surface area contributed by atoms with E-state index in [0.717, 1.165) is 0 Å². The highest BCUT2D eigenvalue weighted by Crippen LogP contribution is 2.30. The van der Waals surface area contributed by atoms with Gasteiger partial charge in [-0.1, -0.05) is 0 Å². The molecule has 0 aliphatic carbocycles. The molecular formula is C6H8FNO4. The van der Waals surface area contributed by atoms with Gasteiger partial charge in [0.25, 0.3) is 5.79 Å². The van der Waals surface area contributed by atoms with Gasteiger partial charge in [-0.2, -0.15) is 0 Å². The number of carboxylic acids is 1. The van der Waals surface area contributed by atoms with Crippen molar-refractivity contribution in [3.8, 4) is 0 Å². The van der Waals surface area contributed by atoms with Crippen LogP contribution < -0.4 is 0 Å².